The van der Waals surface area contributed by atoms with Crippen LogP contribution in [0.5, 0.6) is 0 Å². The fourth-order valence-electron chi connectivity index (χ4n) is 4.73. The van der Waals surface area contributed by atoms with E-state index in [1.165, 1.54) is 0 Å². The number of ether oxygens (including phenoxy) is 1. The van der Waals surface area contributed by atoms with Gasteiger partial charge in [-0.1, -0.05) is 43.5 Å². The predicted octanol–water partition coefficient (Wildman–Crippen LogP) is 4.62. The summed E-state index contributed by atoms with van der Waals surface area (Å²) in [6.07, 6.45) is 7.46. The highest BCUT2D eigenvalue weighted by Gasteiger charge is 2.41. The van der Waals surface area contributed by atoms with Gasteiger partial charge in [-0.3, -0.25) is 13.8 Å². The Labute approximate surface area is 187 Å². The molecule has 5 rings (SSSR count). The lowest BCUT2D eigenvalue weighted by Gasteiger charge is -2.48. The summed E-state index contributed by atoms with van der Waals surface area (Å²) in [5.41, 5.74) is 2.08. The Morgan fingerprint density at radius 3 is 2.52 bits per heavy atom. The molecule has 2 aliphatic rings. The molecule has 2 saturated heterocycles. The van der Waals surface area contributed by atoms with E-state index in [0.29, 0.717) is 10.4 Å². The normalized spacial score (nSPS) is 17.9. The predicted molar refractivity (Wildman–Crippen MR) is 124 cm³/mol. The van der Waals surface area contributed by atoms with Crippen molar-refractivity contribution in [3.05, 3.63) is 51.9 Å². The number of fused-ring (bicyclic) bond motifs is 1. The van der Waals surface area contributed by atoms with Gasteiger partial charge in [0.2, 0.25) is 5.78 Å². The maximum absolute atomic E-state index is 13.1. The van der Waals surface area contributed by atoms with Crippen LogP contribution in [0.3, 0.4) is 0 Å². The van der Waals surface area contributed by atoms with Crippen molar-refractivity contribution in [3.63, 3.8) is 0 Å². The van der Waals surface area contributed by atoms with Gasteiger partial charge < -0.3 is 9.64 Å². The number of hydrogen-bond donors (Lipinski definition) is 0. The van der Waals surface area contributed by atoms with Crippen molar-refractivity contribution in [2.45, 2.75) is 45.6 Å². The molecule has 0 N–H and O–H groups in total. The minimum absolute atomic E-state index is 0.0308. The molecule has 0 saturated carbocycles. The average molecular weight is 441 g/mol. The molecule has 0 bridgehead atoms. The van der Waals surface area contributed by atoms with E-state index in [1.54, 1.807) is 10.5 Å². The van der Waals surface area contributed by atoms with E-state index in [2.05, 4.69) is 16.4 Å². The first-order chi connectivity index (χ1) is 15.1. The zero-order valence-electron chi connectivity index (χ0n) is 18.0. The molecule has 3 aromatic rings. The largest absolute Gasteiger partial charge is 0.380 e. The molecule has 0 unspecified atom stereocenters. The molecule has 4 heterocycles. The Hall–Kier alpha value is -2.31. The second kappa shape index (κ2) is 8.32. The van der Waals surface area contributed by atoms with Crippen molar-refractivity contribution in [2.75, 3.05) is 31.2 Å². The number of aryl methyl sites for hydroxylation is 1. The molecule has 31 heavy (non-hydrogen) atoms. The zero-order valence-corrected chi connectivity index (χ0v) is 18.8. The van der Waals surface area contributed by atoms with Gasteiger partial charge in [0.05, 0.1) is 18.9 Å². The van der Waals surface area contributed by atoms with E-state index in [9.17, 15) is 4.79 Å². The summed E-state index contributed by atoms with van der Waals surface area (Å²) in [6.45, 7) is 6.74. The smallest absolute Gasteiger partial charge is 0.261 e. The van der Waals surface area contributed by atoms with Crippen LogP contribution >= 0.6 is 11.6 Å². The molecule has 2 fully saturated rings. The lowest BCUT2D eigenvalue weighted by molar-refractivity contribution is -0.124. The van der Waals surface area contributed by atoms with Crippen molar-refractivity contribution < 1.29 is 4.74 Å². The number of piperidine rings is 1. The van der Waals surface area contributed by atoms with Gasteiger partial charge in [-0.25, -0.2) is 4.98 Å². The molecule has 7 heteroatoms. The Morgan fingerprint density at radius 2 is 1.87 bits per heavy atom. The number of unbranched alkanes of at least 4 members (excludes halogenated alkanes) is 2. The topological polar surface area (TPSA) is 51.8 Å². The molecule has 1 spiro atoms. The minimum Gasteiger partial charge on any atom is -0.380 e. The highest BCUT2D eigenvalue weighted by Crippen LogP contribution is 2.39. The van der Waals surface area contributed by atoms with Gasteiger partial charge in [-0.2, -0.15) is 0 Å². The van der Waals surface area contributed by atoms with E-state index in [4.69, 9.17) is 21.3 Å². The highest BCUT2D eigenvalue weighted by atomic mass is 35.5. The SMILES string of the molecule is CCCCCn1c(N2CCC3(CC2)COC3)cc(=O)n2cc(-c3ccc(Cl)cc3)nc12. The zero-order chi connectivity index (χ0) is 21.4. The van der Waals surface area contributed by atoms with E-state index in [0.717, 1.165) is 87.8 Å². The van der Waals surface area contributed by atoms with Crippen LogP contribution in [0.25, 0.3) is 17.0 Å². The van der Waals surface area contributed by atoms with Crippen molar-refractivity contribution in [2.24, 2.45) is 5.41 Å². The van der Waals surface area contributed by atoms with Gasteiger partial charge in [0.25, 0.3) is 5.56 Å². The molecule has 0 amide bonds. The molecule has 0 radical (unpaired) electrons. The fraction of sp³-hybridized carbons (Fsp3) is 0.500. The van der Waals surface area contributed by atoms with Crippen LogP contribution in [0.1, 0.15) is 39.0 Å². The van der Waals surface area contributed by atoms with Crippen LogP contribution in [-0.2, 0) is 11.3 Å². The number of nitrogens with zero attached hydrogens (tertiary/aromatic N) is 4. The van der Waals surface area contributed by atoms with E-state index >= 15 is 0 Å². The summed E-state index contributed by atoms with van der Waals surface area (Å²) in [7, 11) is 0. The lowest BCUT2D eigenvalue weighted by atomic mass is 9.77. The summed E-state index contributed by atoms with van der Waals surface area (Å²) >= 11 is 6.05. The number of halogens is 1. The van der Waals surface area contributed by atoms with Crippen LogP contribution in [0.2, 0.25) is 5.02 Å². The summed E-state index contributed by atoms with van der Waals surface area (Å²) in [5, 5.41) is 0.689. The van der Waals surface area contributed by atoms with Crippen molar-refractivity contribution in [1.82, 2.24) is 14.0 Å². The number of imidazole rings is 1. The van der Waals surface area contributed by atoms with Gasteiger partial charge in [0, 0.05) is 47.9 Å². The monoisotopic (exact) mass is 440 g/mol. The quantitative estimate of drug-likeness (QED) is 0.524. The second-order valence-corrected chi connectivity index (χ2v) is 9.42. The molecular weight excluding hydrogens is 412 g/mol. The Morgan fingerprint density at radius 1 is 1.13 bits per heavy atom. The van der Waals surface area contributed by atoms with Crippen LogP contribution in [-0.4, -0.2) is 40.3 Å². The van der Waals surface area contributed by atoms with Crippen LogP contribution < -0.4 is 10.5 Å². The molecule has 6 nitrogen and oxygen atoms in total. The van der Waals surface area contributed by atoms with Crippen molar-refractivity contribution in [3.8, 4) is 11.3 Å². The number of aromatic nitrogens is 3. The lowest BCUT2D eigenvalue weighted by Crippen LogP contribution is -2.51. The molecule has 2 aliphatic heterocycles. The van der Waals surface area contributed by atoms with Crippen molar-refractivity contribution >= 4 is 23.2 Å². The number of rotatable bonds is 6. The summed E-state index contributed by atoms with van der Waals surface area (Å²) in [6, 6.07) is 9.39. The molecule has 0 aliphatic carbocycles. The maximum Gasteiger partial charge on any atom is 0.261 e. The molecule has 2 aromatic heterocycles. The standard InChI is InChI=1S/C24H29ClN4O2/c1-2-3-4-11-28-21(27-12-9-24(10-13-27)16-31-17-24)14-22(30)29-15-20(26-23(28)29)18-5-7-19(25)8-6-18/h5-8,14-15H,2-4,9-13,16-17H2,1H3. The molecular formula is C24H29ClN4O2. The van der Waals surface area contributed by atoms with Crippen LogP contribution in [0.15, 0.2) is 41.3 Å². The van der Waals surface area contributed by atoms with E-state index < -0.39 is 0 Å². The summed E-state index contributed by atoms with van der Waals surface area (Å²) in [4.78, 5) is 20.3. The van der Waals surface area contributed by atoms with E-state index in [-0.39, 0.29) is 5.56 Å². The fourth-order valence-corrected chi connectivity index (χ4v) is 4.86. The highest BCUT2D eigenvalue weighted by molar-refractivity contribution is 6.30. The number of benzene rings is 1. The third-order valence-corrected chi connectivity index (χ3v) is 7.04. The van der Waals surface area contributed by atoms with Gasteiger partial charge in [0.1, 0.15) is 5.82 Å². The first-order valence-corrected chi connectivity index (χ1v) is 11.7. The summed E-state index contributed by atoms with van der Waals surface area (Å²) < 4.78 is 9.41. The maximum atomic E-state index is 13.1. The Balaban J connectivity index is 1.55. The van der Waals surface area contributed by atoms with Gasteiger partial charge in [0.15, 0.2) is 0 Å². The third kappa shape index (κ3) is 3.87. The van der Waals surface area contributed by atoms with Crippen molar-refractivity contribution in [1.29, 1.82) is 0 Å². The Bertz CT molecular complexity index is 1120. The van der Waals surface area contributed by atoms with Crippen LogP contribution in [0.4, 0.5) is 5.82 Å². The summed E-state index contributed by atoms with van der Waals surface area (Å²) in [5.74, 6) is 1.72. The Kier molecular flexibility index (Phi) is 5.52. The second-order valence-electron chi connectivity index (χ2n) is 8.98. The molecule has 0 atom stereocenters. The minimum atomic E-state index is -0.0308. The average Bonchev–Trinajstić information content (AvgIpc) is 3.21. The molecule has 1 aromatic carbocycles. The first-order valence-electron chi connectivity index (χ1n) is 11.3. The van der Waals surface area contributed by atoms with Crippen LogP contribution in [0, 0.1) is 5.41 Å². The number of anilines is 1. The molecule has 164 valence electrons. The van der Waals surface area contributed by atoms with Gasteiger partial charge in [-0.05, 0) is 31.4 Å². The number of hydrogen-bond acceptors (Lipinski definition) is 4. The van der Waals surface area contributed by atoms with Gasteiger partial charge >= 0.3 is 0 Å². The third-order valence-electron chi connectivity index (χ3n) is 6.79. The first kappa shape index (κ1) is 20.6. The van der Waals surface area contributed by atoms with E-state index in [1.807, 2.05) is 30.5 Å². The van der Waals surface area contributed by atoms with Gasteiger partial charge in [-0.15, -0.1) is 0 Å².